The third-order valence-corrected chi connectivity index (χ3v) is 4.77. The Kier molecular flexibility index (Phi) is 4.30. The molecule has 0 aromatic heterocycles. The minimum atomic E-state index is -0.436. The maximum atomic E-state index is 9.18. The number of hydrogen-bond donors (Lipinski definition) is 1. The quantitative estimate of drug-likeness (QED) is 0.886. The van der Waals surface area contributed by atoms with Crippen LogP contribution in [0.1, 0.15) is 46.6 Å². The molecule has 1 N–H and O–H groups in total. The van der Waals surface area contributed by atoms with Gasteiger partial charge in [-0.15, -0.1) is 0 Å². The molecule has 0 saturated heterocycles. The van der Waals surface area contributed by atoms with E-state index in [4.69, 9.17) is 4.74 Å². The monoisotopic (exact) mass is 286 g/mol. The van der Waals surface area contributed by atoms with Crippen molar-refractivity contribution < 1.29 is 4.74 Å². The van der Waals surface area contributed by atoms with Crippen LogP contribution in [-0.4, -0.2) is 18.8 Å². The van der Waals surface area contributed by atoms with Gasteiger partial charge in [-0.1, -0.05) is 26.0 Å². The van der Waals surface area contributed by atoms with Crippen molar-refractivity contribution in [2.45, 2.75) is 58.6 Å². The van der Waals surface area contributed by atoms with Gasteiger partial charge in [0.15, 0.2) is 0 Å². The van der Waals surface area contributed by atoms with Crippen molar-refractivity contribution in [3.8, 4) is 6.07 Å². The van der Waals surface area contributed by atoms with Gasteiger partial charge in [0.2, 0.25) is 0 Å². The largest absolute Gasteiger partial charge is 0.382 e. The minimum absolute atomic E-state index is 0.153. The van der Waals surface area contributed by atoms with E-state index >= 15 is 0 Å². The standard InChI is InChI=1S/C18H26N2O/c1-6-21-16-11-15(18(16,4)5)20-14-9-7-13(8-10-14)17(2,3)12-19/h7-10,15-16,20H,6,11H2,1-5H3. The summed E-state index contributed by atoms with van der Waals surface area (Å²) in [6.45, 7) is 11.2. The Morgan fingerprint density at radius 2 is 1.95 bits per heavy atom. The molecule has 1 saturated carbocycles. The SMILES string of the molecule is CCOC1CC(Nc2ccc(C(C)(C)C#N)cc2)C1(C)C. The molecule has 0 spiro atoms. The van der Waals surface area contributed by atoms with Gasteiger partial charge >= 0.3 is 0 Å². The zero-order valence-electron chi connectivity index (χ0n) is 13.7. The molecular weight excluding hydrogens is 260 g/mol. The first kappa shape index (κ1) is 15.9. The normalized spacial score (nSPS) is 24.0. The first-order chi connectivity index (χ1) is 9.81. The third-order valence-electron chi connectivity index (χ3n) is 4.77. The lowest BCUT2D eigenvalue weighted by Gasteiger charge is -2.52. The summed E-state index contributed by atoms with van der Waals surface area (Å²) in [6.07, 6.45) is 1.39. The Balaban J connectivity index is 2.01. The highest BCUT2D eigenvalue weighted by molar-refractivity contribution is 5.48. The molecule has 0 amide bonds. The second-order valence-electron chi connectivity index (χ2n) is 7.01. The van der Waals surface area contributed by atoms with Crippen molar-refractivity contribution in [2.75, 3.05) is 11.9 Å². The van der Waals surface area contributed by atoms with E-state index in [1.54, 1.807) is 0 Å². The van der Waals surface area contributed by atoms with Crippen LogP contribution < -0.4 is 5.32 Å². The van der Waals surface area contributed by atoms with Crippen molar-refractivity contribution in [3.63, 3.8) is 0 Å². The molecule has 2 atom stereocenters. The zero-order chi connectivity index (χ0) is 15.7. The van der Waals surface area contributed by atoms with E-state index in [-0.39, 0.29) is 5.41 Å². The second kappa shape index (κ2) is 5.69. The minimum Gasteiger partial charge on any atom is -0.382 e. The van der Waals surface area contributed by atoms with Crippen molar-refractivity contribution in [2.24, 2.45) is 5.41 Å². The van der Waals surface area contributed by atoms with Crippen LogP contribution in [0, 0.1) is 16.7 Å². The molecule has 0 aliphatic heterocycles. The van der Waals surface area contributed by atoms with Crippen LogP contribution in [0.15, 0.2) is 24.3 Å². The summed E-state index contributed by atoms with van der Waals surface area (Å²) in [4.78, 5) is 0. The zero-order valence-corrected chi connectivity index (χ0v) is 13.7. The highest BCUT2D eigenvalue weighted by atomic mass is 16.5. The van der Waals surface area contributed by atoms with Crippen molar-refractivity contribution >= 4 is 5.69 Å². The average Bonchev–Trinajstić information content (AvgIpc) is 2.47. The number of nitrogens with one attached hydrogen (secondary N) is 1. The molecule has 1 aliphatic carbocycles. The van der Waals surface area contributed by atoms with E-state index in [9.17, 15) is 5.26 Å². The summed E-state index contributed by atoms with van der Waals surface area (Å²) in [5, 5.41) is 12.8. The lowest BCUT2D eigenvalue weighted by atomic mass is 9.64. The topological polar surface area (TPSA) is 45.0 Å². The first-order valence-corrected chi connectivity index (χ1v) is 7.71. The summed E-state index contributed by atoms with van der Waals surface area (Å²) in [5.74, 6) is 0. The van der Waals surface area contributed by atoms with Gasteiger partial charge in [0.05, 0.1) is 17.6 Å². The highest BCUT2D eigenvalue weighted by Crippen LogP contribution is 2.44. The van der Waals surface area contributed by atoms with Crippen LogP contribution in [0.3, 0.4) is 0 Å². The van der Waals surface area contributed by atoms with Crippen LogP contribution in [0.5, 0.6) is 0 Å². The fraction of sp³-hybridized carbons (Fsp3) is 0.611. The molecule has 1 fully saturated rings. The van der Waals surface area contributed by atoms with E-state index in [1.165, 1.54) is 0 Å². The molecule has 1 aromatic rings. The molecular formula is C18H26N2O. The Morgan fingerprint density at radius 1 is 1.33 bits per heavy atom. The predicted molar refractivity (Wildman–Crippen MR) is 86.3 cm³/mol. The molecule has 0 bridgehead atoms. The molecule has 0 heterocycles. The second-order valence-corrected chi connectivity index (χ2v) is 7.01. The maximum absolute atomic E-state index is 9.18. The van der Waals surface area contributed by atoms with Crippen LogP contribution in [0.2, 0.25) is 0 Å². The fourth-order valence-electron chi connectivity index (χ4n) is 2.86. The predicted octanol–water partition coefficient (Wildman–Crippen LogP) is 4.10. The van der Waals surface area contributed by atoms with Crippen LogP contribution in [-0.2, 0) is 10.2 Å². The fourth-order valence-corrected chi connectivity index (χ4v) is 2.86. The van der Waals surface area contributed by atoms with E-state index in [0.29, 0.717) is 12.1 Å². The number of anilines is 1. The number of benzene rings is 1. The van der Waals surface area contributed by atoms with Gasteiger partial charge in [0.1, 0.15) is 0 Å². The van der Waals surface area contributed by atoms with Crippen molar-refractivity contribution in [1.29, 1.82) is 5.26 Å². The van der Waals surface area contributed by atoms with Gasteiger partial charge in [-0.2, -0.15) is 5.26 Å². The molecule has 21 heavy (non-hydrogen) atoms. The van der Waals surface area contributed by atoms with Gasteiger partial charge < -0.3 is 10.1 Å². The van der Waals surface area contributed by atoms with Crippen LogP contribution in [0.25, 0.3) is 0 Å². The van der Waals surface area contributed by atoms with E-state index < -0.39 is 5.41 Å². The number of hydrogen-bond acceptors (Lipinski definition) is 3. The summed E-state index contributed by atoms with van der Waals surface area (Å²) in [6, 6.07) is 11.0. The number of nitriles is 1. The Hall–Kier alpha value is -1.53. The number of rotatable bonds is 5. The molecule has 0 radical (unpaired) electrons. The lowest BCUT2D eigenvalue weighted by Crippen LogP contribution is -2.58. The number of ether oxygens (including phenoxy) is 1. The van der Waals surface area contributed by atoms with Crippen molar-refractivity contribution in [1.82, 2.24) is 0 Å². The summed E-state index contributed by atoms with van der Waals surface area (Å²) in [7, 11) is 0. The van der Waals surface area contributed by atoms with Crippen LogP contribution in [0.4, 0.5) is 5.69 Å². The van der Waals surface area contributed by atoms with Gasteiger partial charge in [-0.05, 0) is 44.9 Å². The van der Waals surface area contributed by atoms with E-state index in [1.807, 2.05) is 32.9 Å². The van der Waals surface area contributed by atoms with Gasteiger partial charge in [0.25, 0.3) is 0 Å². The Labute approximate surface area is 128 Å². The molecule has 3 heteroatoms. The third kappa shape index (κ3) is 3.06. The Bertz CT molecular complexity index is 525. The average molecular weight is 286 g/mol. The lowest BCUT2D eigenvalue weighted by molar-refractivity contribution is -0.0975. The molecule has 1 aliphatic rings. The van der Waals surface area contributed by atoms with Gasteiger partial charge in [-0.25, -0.2) is 0 Å². The van der Waals surface area contributed by atoms with Crippen molar-refractivity contribution in [3.05, 3.63) is 29.8 Å². The van der Waals surface area contributed by atoms with Gasteiger partial charge in [0, 0.05) is 23.8 Å². The van der Waals surface area contributed by atoms with Gasteiger partial charge in [-0.3, -0.25) is 0 Å². The Morgan fingerprint density at radius 3 is 2.43 bits per heavy atom. The smallest absolute Gasteiger partial charge is 0.0766 e. The molecule has 3 nitrogen and oxygen atoms in total. The summed E-state index contributed by atoms with van der Waals surface area (Å²) in [5.41, 5.74) is 1.88. The van der Waals surface area contributed by atoms with E-state index in [2.05, 4.69) is 37.4 Å². The molecule has 114 valence electrons. The first-order valence-electron chi connectivity index (χ1n) is 7.71. The number of nitrogens with zero attached hydrogens (tertiary/aromatic N) is 1. The highest BCUT2D eigenvalue weighted by Gasteiger charge is 2.48. The maximum Gasteiger partial charge on any atom is 0.0766 e. The summed E-state index contributed by atoms with van der Waals surface area (Å²) < 4.78 is 5.76. The van der Waals surface area contributed by atoms with E-state index in [0.717, 1.165) is 24.3 Å². The molecule has 1 aromatic carbocycles. The molecule has 2 unspecified atom stereocenters. The summed E-state index contributed by atoms with van der Waals surface area (Å²) >= 11 is 0. The van der Waals surface area contributed by atoms with Crippen LogP contribution >= 0.6 is 0 Å². The molecule has 2 rings (SSSR count).